The highest BCUT2D eigenvalue weighted by Gasteiger charge is 2.24. The lowest BCUT2D eigenvalue weighted by molar-refractivity contribution is -0.122. The molecule has 0 aromatic rings. The van der Waals surface area contributed by atoms with E-state index in [2.05, 4.69) is 4.72 Å². The lowest BCUT2D eigenvalue weighted by Crippen LogP contribution is -2.40. The molecule has 0 aromatic carbocycles. The van der Waals surface area contributed by atoms with Crippen molar-refractivity contribution in [2.75, 3.05) is 12.4 Å². The molecule has 6 heteroatoms. The third-order valence-corrected chi connectivity index (χ3v) is 4.32. The molecule has 1 fully saturated rings. The van der Waals surface area contributed by atoms with Crippen molar-refractivity contribution in [3.05, 3.63) is 0 Å². The van der Waals surface area contributed by atoms with Crippen LogP contribution >= 0.6 is 0 Å². The second-order valence-corrected chi connectivity index (χ2v) is 6.31. The van der Waals surface area contributed by atoms with Gasteiger partial charge in [0, 0.05) is 12.5 Å². The summed E-state index contributed by atoms with van der Waals surface area (Å²) in [7, 11) is -3.56. The van der Waals surface area contributed by atoms with Crippen molar-refractivity contribution in [1.82, 2.24) is 4.72 Å². The zero-order valence-electron chi connectivity index (χ0n) is 10.4. The zero-order chi connectivity index (χ0) is 12.9. The summed E-state index contributed by atoms with van der Waals surface area (Å²) in [5.41, 5.74) is 0. The van der Waals surface area contributed by atoms with Gasteiger partial charge >= 0.3 is 0 Å². The Kier molecular flexibility index (Phi) is 5.39. The lowest BCUT2D eigenvalue weighted by atomic mass is 10.1. The molecule has 1 aliphatic heterocycles. The smallest absolute Gasteiger partial charge is 0.237 e. The normalized spacial score (nSPS) is 23.1. The SMILES string of the molecule is CCC(C)C(=O)NS(=O)(=O)CC1CCCCO1. The fraction of sp³-hybridized carbons (Fsp3) is 0.909. The Labute approximate surface area is 103 Å². The van der Waals surface area contributed by atoms with Crippen molar-refractivity contribution in [3.8, 4) is 0 Å². The molecule has 5 nitrogen and oxygen atoms in total. The van der Waals surface area contributed by atoms with Crippen LogP contribution in [0, 0.1) is 5.92 Å². The highest BCUT2D eigenvalue weighted by molar-refractivity contribution is 7.90. The number of sulfonamides is 1. The molecule has 1 heterocycles. The van der Waals surface area contributed by atoms with Crippen LogP contribution < -0.4 is 4.72 Å². The largest absolute Gasteiger partial charge is 0.377 e. The van der Waals surface area contributed by atoms with Crippen LogP contribution in [0.1, 0.15) is 39.5 Å². The standard InChI is InChI=1S/C11H21NO4S/c1-3-9(2)11(13)12-17(14,15)8-10-6-4-5-7-16-10/h9-10H,3-8H2,1-2H3,(H,12,13). The fourth-order valence-electron chi connectivity index (χ4n) is 1.66. The van der Waals surface area contributed by atoms with Gasteiger partial charge < -0.3 is 4.74 Å². The molecule has 0 saturated carbocycles. The van der Waals surface area contributed by atoms with Gasteiger partial charge in [-0.3, -0.25) is 9.52 Å². The molecule has 1 saturated heterocycles. The maximum atomic E-state index is 11.7. The third-order valence-electron chi connectivity index (χ3n) is 3.00. The Balaban J connectivity index is 2.47. The molecule has 100 valence electrons. The van der Waals surface area contributed by atoms with E-state index in [4.69, 9.17) is 4.74 Å². The van der Waals surface area contributed by atoms with Crippen molar-refractivity contribution >= 4 is 15.9 Å². The quantitative estimate of drug-likeness (QED) is 0.804. The Morgan fingerprint density at radius 1 is 1.47 bits per heavy atom. The average Bonchev–Trinajstić information content (AvgIpc) is 2.27. The van der Waals surface area contributed by atoms with E-state index in [1.165, 1.54) is 0 Å². The van der Waals surface area contributed by atoms with E-state index in [1.54, 1.807) is 6.92 Å². The fourth-order valence-corrected chi connectivity index (χ4v) is 3.01. The average molecular weight is 263 g/mol. The van der Waals surface area contributed by atoms with E-state index < -0.39 is 15.9 Å². The first-order valence-electron chi connectivity index (χ1n) is 6.10. The van der Waals surface area contributed by atoms with Crippen LogP contribution in [0.15, 0.2) is 0 Å². The monoisotopic (exact) mass is 263 g/mol. The van der Waals surface area contributed by atoms with Crippen LogP contribution in [0.3, 0.4) is 0 Å². The van der Waals surface area contributed by atoms with Gasteiger partial charge in [-0.2, -0.15) is 0 Å². The first-order chi connectivity index (χ1) is 7.94. The van der Waals surface area contributed by atoms with Crippen LogP contribution in [0.5, 0.6) is 0 Å². The molecule has 0 spiro atoms. The molecule has 0 radical (unpaired) electrons. The van der Waals surface area contributed by atoms with Gasteiger partial charge in [0.25, 0.3) is 0 Å². The number of hydrogen-bond acceptors (Lipinski definition) is 4. The van der Waals surface area contributed by atoms with Crippen LogP contribution in [-0.2, 0) is 19.6 Å². The number of carbonyl (C=O) groups is 1. The Morgan fingerprint density at radius 2 is 2.18 bits per heavy atom. The van der Waals surface area contributed by atoms with Gasteiger partial charge in [-0.1, -0.05) is 13.8 Å². The van der Waals surface area contributed by atoms with E-state index in [9.17, 15) is 13.2 Å². The van der Waals surface area contributed by atoms with Crippen molar-refractivity contribution in [3.63, 3.8) is 0 Å². The van der Waals surface area contributed by atoms with Gasteiger partial charge in [-0.25, -0.2) is 8.42 Å². The summed E-state index contributed by atoms with van der Waals surface area (Å²) in [4.78, 5) is 11.5. The summed E-state index contributed by atoms with van der Waals surface area (Å²) >= 11 is 0. The van der Waals surface area contributed by atoms with Gasteiger partial charge in [0.1, 0.15) is 0 Å². The summed E-state index contributed by atoms with van der Waals surface area (Å²) in [5.74, 6) is -0.824. The predicted octanol–water partition coefficient (Wildman–Crippen LogP) is 1.05. The molecule has 0 aliphatic carbocycles. The molecule has 2 atom stereocenters. The Morgan fingerprint density at radius 3 is 2.71 bits per heavy atom. The molecular formula is C11H21NO4S. The first-order valence-corrected chi connectivity index (χ1v) is 7.75. The summed E-state index contributed by atoms with van der Waals surface area (Å²) in [6.45, 7) is 4.17. The van der Waals surface area contributed by atoms with Crippen LogP contribution in [0.4, 0.5) is 0 Å². The summed E-state index contributed by atoms with van der Waals surface area (Å²) in [6.07, 6.45) is 3.07. The van der Waals surface area contributed by atoms with Gasteiger partial charge in [-0.15, -0.1) is 0 Å². The zero-order valence-corrected chi connectivity index (χ0v) is 11.3. The summed E-state index contributed by atoms with van der Waals surface area (Å²) < 4.78 is 30.9. The van der Waals surface area contributed by atoms with Crippen LogP contribution in [-0.4, -0.2) is 32.8 Å². The molecule has 1 aliphatic rings. The molecular weight excluding hydrogens is 242 g/mol. The minimum absolute atomic E-state index is 0.116. The molecule has 17 heavy (non-hydrogen) atoms. The number of ether oxygens (including phenoxy) is 1. The molecule has 2 unspecified atom stereocenters. The number of rotatable bonds is 5. The van der Waals surface area contributed by atoms with Gasteiger partial charge in [-0.05, 0) is 25.7 Å². The second kappa shape index (κ2) is 6.35. The maximum absolute atomic E-state index is 11.7. The highest BCUT2D eigenvalue weighted by Crippen LogP contribution is 2.14. The van der Waals surface area contributed by atoms with Crippen molar-refractivity contribution in [2.45, 2.75) is 45.6 Å². The van der Waals surface area contributed by atoms with Crippen molar-refractivity contribution in [1.29, 1.82) is 0 Å². The Hall–Kier alpha value is -0.620. The predicted molar refractivity (Wildman–Crippen MR) is 65.0 cm³/mol. The van der Waals surface area contributed by atoms with Gasteiger partial charge in [0.15, 0.2) is 0 Å². The molecule has 1 amide bonds. The topological polar surface area (TPSA) is 72.5 Å². The van der Waals surface area contributed by atoms with Crippen molar-refractivity contribution < 1.29 is 17.9 Å². The summed E-state index contributed by atoms with van der Waals surface area (Å²) in [5, 5.41) is 0. The maximum Gasteiger partial charge on any atom is 0.237 e. The first kappa shape index (κ1) is 14.4. The Bertz CT molecular complexity index is 346. The van der Waals surface area contributed by atoms with Crippen molar-refractivity contribution in [2.24, 2.45) is 5.92 Å². The highest BCUT2D eigenvalue weighted by atomic mass is 32.2. The number of nitrogens with one attached hydrogen (secondary N) is 1. The molecule has 1 rings (SSSR count). The number of hydrogen-bond donors (Lipinski definition) is 1. The molecule has 0 aromatic heterocycles. The minimum atomic E-state index is -3.56. The number of amides is 1. The van der Waals surface area contributed by atoms with Crippen LogP contribution in [0.25, 0.3) is 0 Å². The summed E-state index contributed by atoms with van der Waals surface area (Å²) in [6, 6.07) is 0. The number of carbonyl (C=O) groups excluding carboxylic acids is 1. The van der Waals surface area contributed by atoms with Gasteiger partial charge in [0.05, 0.1) is 11.9 Å². The minimum Gasteiger partial charge on any atom is -0.377 e. The van der Waals surface area contributed by atoms with Gasteiger partial charge in [0.2, 0.25) is 15.9 Å². The van der Waals surface area contributed by atoms with E-state index in [0.29, 0.717) is 13.0 Å². The third kappa shape index (κ3) is 5.04. The second-order valence-electron chi connectivity index (χ2n) is 4.55. The van der Waals surface area contributed by atoms with Crippen LogP contribution in [0.2, 0.25) is 0 Å². The molecule has 0 bridgehead atoms. The van der Waals surface area contributed by atoms with E-state index in [-0.39, 0.29) is 17.8 Å². The van der Waals surface area contributed by atoms with E-state index >= 15 is 0 Å². The molecule has 1 N–H and O–H groups in total. The van der Waals surface area contributed by atoms with E-state index in [1.807, 2.05) is 6.92 Å². The lowest BCUT2D eigenvalue weighted by Gasteiger charge is -2.22. The van der Waals surface area contributed by atoms with E-state index in [0.717, 1.165) is 19.3 Å².